The molecule has 0 N–H and O–H groups in total. The minimum atomic E-state index is -9.38. The third-order valence-corrected chi connectivity index (χ3v) is 15.1. The van der Waals surface area contributed by atoms with Crippen LogP contribution in [0, 0.1) is 0 Å². The Hall–Kier alpha value is -1.82. The minimum absolute atomic E-state index is 0.383. The summed E-state index contributed by atoms with van der Waals surface area (Å²) in [7, 11) is 0. The van der Waals surface area contributed by atoms with Crippen LogP contribution in [0.15, 0.2) is 60.7 Å². The summed E-state index contributed by atoms with van der Waals surface area (Å²) >= 11 is -9.38. The second-order valence-electron chi connectivity index (χ2n) is 8.31. The molecule has 0 heterocycles. The summed E-state index contributed by atoms with van der Waals surface area (Å²) in [4.78, 5) is 0. The summed E-state index contributed by atoms with van der Waals surface area (Å²) < 4.78 is 191. The van der Waals surface area contributed by atoms with E-state index in [9.17, 15) is 43.9 Å². The molecule has 0 fully saturated rings. The van der Waals surface area contributed by atoms with Gasteiger partial charge in [-0.25, -0.2) is 0 Å². The number of rotatable bonds is 12. The van der Waals surface area contributed by atoms with Crippen LogP contribution in [0.5, 0.6) is 0 Å². The Balaban J connectivity index is 2.82. The molecule has 0 aromatic heterocycles. The van der Waals surface area contributed by atoms with Crippen LogP contribution < -0.4 is 0 Å². The number of hydrogen-bond donors (Lipinski definition) is 0. The van der Waals surface area contributed by atoms with Gasteiger partial charge in [-0.3, -0.25) is 0 Å². The summed E-state index contributed by atoms with van der Waals surface area (Å²) in [5.74, 6) is -13.1. The van der Waals surface area contributed by atoms with Crippen LogP contribution in [0.2, 0.25) is 0 Å². The van der Waals surface area contributed by atoms with Gasteiger partial charge in [0.15, 0.2) is 0 Å². The second-order valence-corrected chi connectivity index (χ2v) is 17.1. The van der Waals surface area contributed by atoms with Crippen molar-refractivity contribution in [3.63, 3.8) is 0 Å². The van der Waals surface area contributed by atoms with Crippen molar-refractivity contribution < 1.29 is 67.6 Å². The van der Waals surface area contributed by atoms with Crippen molar-refractivity contribution in [2.24, 2.45) is 0 Å². The fourth-order valence-electron chi connectivity index (χ4n) is 3.33. The van der Waals surface area contributed by atoms with Gasteiger partial charge in [0.25, 0.3) is 0 Å². The molecule has 2 aromatic carbocycles. The first-order valence-corrected chi connectivity index (χ1v) is 15.8. The molecule has 0 aliphatic carbocycles. The first-order valence-electron chi connectivity index (χ1n) is 10.6. The topological polar surface area (TPSA) is 18.5 Å². The van der Waals surface area contributed by atoms with E-state index in [1.807, 2.05) is 0 Å². The van der Waals surface area contributed by atoms with Crippen LogP contribution >= 0.6 is 0 Å². The third kappa shape index (κ3) is 7.68. The van der Waals surface area contributed by atoms with Gasteiger partial charge in [0.05, 0.1) is 0 Å². The van der Waals surface area contributed by atoms with Crippen LogP contribution in [0.1, 0.15) is 24.0 Å². The van der Waals surface area contributed by atoms with Crippen LogP contribution in [0.3, 0.4) is 0 Å². The zero-order chi connectivity index (χ0) is 30.0. The Morgan fingerprint density at radius 2 is 0.744 bits per heavy atom. The van der Waals surface area contributed by atoms with Crippen LogP contribution in [0.4, 0.5) is 61.5 Å². The average Bonchev–Trinajstić information content (AvgIpc) is 2.77. The van der Waals surface area contributed by atoms with Gasteiger partial charge in [0.1, 0.15) is 0 Å². The van der Waals surface area contributed by atoms with Gasteiger partial charge in [-0.15, -0.1) is 0 Å². The number of alkyl halides is 14. The Morgan fingerprint density at radius 3 is 1.00 bits per heavy atom. The molecule has 220 valence electrons. The van der Waals surface area contributed by atoms with Crippen LogP contribution in [-0.2, 0) is 19.4 Å². The molecule has 0 atom stereocenters. The molecule has 2 rings (SSSR count). The molecular weight excluding hydrogens is 681 g/mol. The molecule has 0 unspecified atom stereocenters. The summed E-state index contributed by atoms with van der Waals surface area (Å²) in [5, 5.41) is 0. The number of hydrogen-bond acceptors (Lipinski definition) is 2. The Kier molecular flexibility index (Phi) is 9.91. The van der Waals surface area contributed by atoms with E-state index in [0.717, 1.165) is 48.5 Å². The van der Waals surface area contributed by atoms with Gasteiger partial charge in [-0.05, 0) is 0 Å². The van der Waals surface area contributed by atoms with Gasteiger partial charge < -0.3 is 0 Å². The number of benzene rings is 2. The molecule has 17 heteroatoms. The van der Waals surface area contributed by atoms with Crippen molar-refractivity contribution >= 4 is 19.2 Å². The van der Waals surface area contributed by atoms with Crippen molar-refractivity contribution in [2.75, 3.05) is 0 Å². The fourth-order valence-corrected chi connectivity index (χ4v) is 12.1. The Bertz CT molecular complexity index is 970. The Labute approximate surface area is 216 Å². The van der Waals surface area contributed by atoms with E-state index in [1.165, 1.54) is 12.1 Å². The van der Waals surface area contributed by atoms with E-state index in [0.29, 0.717) is 0 Å². The quantitative estimate of drug-likeness (QED) is 0.164. The van der Waals surface area contributed by atoms with E-state index in [2.05, 4.69) is 6.15 Å². The predicted octanol–water partition coefficient (Wildman–Crippen LogP) is 8.39. The average molecular weight is 699 g/mol. The first kappa shape index (κ1) is 33.4. The molecule has 2 aromatic rings. The maximum atomic E-state index is 15.4. The molecule has 0 saturated heterocycles. The van der Waals surface area contributed by atoms with E-state index in [-0.39, 0.29) is 11.1 Å². The molecule has 0 spiro atoms. The van der Waals surface area contributed by atoms with Gasteiger partial charge in [0.2, 0.25) is 0 Å². The van der Waals surface area contributed by atoms with Gasteiger partial charge in [-0.2, -0.15) is 0 Å². The Morgan fingerprint density at radius 1 is 0.462 bits per heavy atom. The molecule has 0 amide bonds. The van der Waals surface area contributed by atoms with Gasteiger partial charge in [-0.1, -0.05) is 0 Å². The molecule has 0 aliphatic rings. The van der Waals surface area contributed by atoms with Crippen molar-refractivity contribution in [1.29, 1.82) is 0 Å². The zero-order valence-electron chi connectivity index (χ0n) is 19.2. The van der Waals surface area contributed by atoms with E-state index in [1.54, 1.807) is 0 Å². The molecule has 0 saturated carbocycles. The SMILES string of the molecule is FC(F)(F)CC(F)(F)[C](F)(F)[Sn]([O]Cc1ccccc1)([O]Cc1ccccc1)[C](F)(F)C(F)(F)CC(F)(F)F. The molecule has 0 radical (unpaired) electrons. The molecule has 0 aliphatic heterocycles. The van der Waals surface area contributed by atoms with Crippen LogP contribution in [0.25, 0.3) is 0 Å². The van der Waals surface area contributed by atoms with Crippen molar-refractivity contribution in [3.05, 3.63) is 71.8 Å². The summed E-state index contributed by atoms with van der Waals surface area (Å²) in [6, 6.07) is 11.0. The van der Waals surface area contributed by atoms with Gasteiger partial charge >= 0.3 is 217 Å². The van der Waals surface area contributed by atoms with Crippen LogP contribution in [-0.4, -0.2) is 51.3 Å². The first-order chi connectivity index (χ1) is 17.6. The molecule has 0 bridgehead atoms. The molecular formula is C22H18F14O2Sn. The number of halogens is 14. The standard InChI is InChI=1S/2C7H7O.2C4H2F7.Sn/c2*8-6-7-4-2-1-3-5-7;2*5-2(6)3(7,8)1-4(9,10)11;/h2*1-5H,6H2;2*1H2;/q2*-1;;;+2. The van der Waals surface area contributed by atoms with E-state index < -0.39 is 77.3 Å². The van der Waals surface area contributed by atoms with Gasteiger partial charge in [0, 0.05) is 0 Å². The summed E-state index contributed by atoms with van der Waals surface area (Å²) in [5.41, 5.74) is -0.765. The second kappa shape index (κ2) is 11.6. The third-order valence-electron chi connectivity index (χ3n) is 5.16. The molecule has 39 heavy (non-hydrogen) atoms. The fraction of sp³-hybridized carbons (Fsp3) is 0.455. The van der Waals surface area contributed by atoms with E-state index in [4.69, 9.17) is 0 Å². The van der Waals surface area contributed by atoms with Crippen molar-refractivity contribution in [3.8, 4) is 0 Å². The predicted molar refractivity (Wildman–Crippen MR) is 109 cm³/mol. The van der Waals surface area contributed by atoms with E-state index >= 15 is 17.6 Å². The summed E-state index contributed by atoms with van der Waals surface area (Å²) in [6.45, 7) is -3.19. The van der Waals surface area contributed by atoms with Crippen molar-refractivity contribution in [1.82, 2.24) is 0 Å². The monoisotopic (exact) mass is 700 g/mol. The maximum absolute atomic E-state index is 15.4. The zero-order valence-corrected chi connectivity index (χ0v) is 22.1. The molecule has 2 nitrogen and oxygen atoms in total. The normalized spacial score (nSPS) is 14.5. The van der Waals surface area contributed by atoms with Crippen molar-refractivity contribution in [2.45, 2.75) is 58.1 Å². The summed E-state index contributed by atoms with van der Waals surface area (Å²) in [6.07, 6.45) is -19.9.